The van der Waals surface area contributed by atoms with Gasteiger partial charge in [-0.3, -0.25) is 0 Å². The van der Waals surface area contributed by atoms with Gasteiger partial charge in [-0.05, 0) is 49.6 Å². The maximum atomic E-state index is 5.85. The van der Waals surface area contributed by atoms with Gasteiger partial charge in [0.15, 0.2) is 0 Å². The number of nitrogen functional groups attached to an aromatic ring is 1. The average molecular weight is 285 g/mol. The van der Waals surface area contributed by atoms with E-state index in [1.165, 1.54) is 5.56 Å². The van der Waals surface area contributed by atoms with Gasteiger partial charge in [0, 0.05) is 18.2 Å². The minimum Gasteiger partial charge on any atom is -0.493 e. The van der Waals surface area contributed by atoms with Crippen molar-refractivity contribution in [2.75, 3.05) is 18.9 Å². The van der Waals surface area contributed by atoms with Crippen molar-refractivity contribution in [3.8, 4) is 11.5 Å². The average Bonchev–Trinajstić information content (AvgIpc) is 2.46. The van der Waals surface area contributed by atoms with E-state index in [1.54, 1.807) is 0 Å². The number of hydrogen-bond acceptors (Lipinski definition) is 3. The molecule has 0 aromatic heterocycles. The van der Waals surface area contributed by atoms with E-state index in [4.69, 9.17) is 15.2 Å². The molecule has 0 aliphatic heterocycles. The van der Waals surface area contributed by atoms with Crippen LogP contribution in [0.5, 0.6) is 11.5 Å². The summed E-state index contributed by atoms with van der Waals surface area (Å²) in [6.07, 6.45) is 0.834. The lowest BCUT2D eigenvalue weighted by atomic mass is 10.1. The SMILES string of the molecule is Cc1ccc(C)c(OCCCOc2ccc(C)c(N)c2)c1. The highest BCUT2D eigenvalue weighted by Crippen LogP contribution is 2.20. The van der Waals surface area contributed by atoms with Crippen molar-refractivity contribution in [2.45, 2.75) is 27.2 Å². The predicted octanol–water partition coefficient (Wildman–Crippen LogP) is 4.04. The summed E-state index contributed by atoms with van der Waals surface area (Å²) in [5, 5.41) is 0. The molecule has 0 heterocycles. The lowest BCUT2D eigenvalue weighted by molar-refractivity contribution is 0.246. The van der Waals surface area contributed by atoms with Crippen LogP contribution in [0.3, 0.4) is 0 Å². The van der Waals surface area contributed by atoms with Crippen LogP contribution in [-0.4, -0.2) is 13.2 Å². The molecule has 0 fully saturated rings. The molecule has 3 heteroatoms. The first-order chi connectivity index (χ1) is 10.1. The number of ether oxygens (including phenoxy) is 2. The predicted molar refractivity (Wildman–Crippen MR) is 87.1 cm³/mol. The second-order valence-corrected chi connectivity index (χ2v) is 5.34. The Labute approximate surface area is 126 Å². The van der Waals surface area contributed by atoms with Gasteiger partial charge in [-0.1, -0.05) is 18.2 Å². The van der Waals surface area contributed by atoms with E-state index in [-0.39, 0.29) is 0 Å². The second-order valence-electron chi connectivity index (χ2n) is 5.34. The van der Waals surface area contributed by atoms with Gasteiger partial charge in [-0.25, -0.2) is 0 Å². The summed E-state index contributed by atoms with van der Waals surface area (Å²) in [6.45, 7) is 7.37. The highest BCUT2D eigenvalue weighted by atomic mass is 16.5. The highest BCUT2D eigenvalue weighted by Gasteiger charge is 2.01. The third-order valence-electron chi connectivity index (χ3n) is 3.41. The first-order valence-electron chi connectivity index (χ1n) is 7.25. The fourth-order valence-corrected chi connectivity index (χ4v) is 2.00. The zero-order valence-corrected chi connectivity index (χ0v) is 13.0. The van der Waals surface area contributed by atoms with E-state index in [0.29, 0.717) is 13.2 Å². The van der Waals surface area contributed by atoms with Gasteiger partial charge in [-0.15, -0.1) is 0 Å². The first kappa shape index (κ1) is 15.2. The Hall–Kier alpha value is -2.16. The van der Waals surface area contributed by atoms with Crippen LogP contribution in [0, 0.1) is 20.8 Å². The molecule has 0 bridgehead atoms. The fraction of sp³-hybridized carbons (Fsp3) is 0.333. The first-order valence-corrected chi connectivity index (χ1v) is 7.25. The topological polar surface area (TPSA) is 44.5 Å². The molecule has 21 heavy (non-hydrogen) atoms. The standard InChI is InChI=1S/C18H23NO2/c1-13-5-6-15(3)18(11-13)21-10-4-9-20-16-8-7-14(2)17(19)12-16/h5-8,11-12H,4,9-10,19H2,1-3H3. The zero-order valence-electron chi connectivity index (χ0n) is 13.0. The summed E-state index contributed by atoms with van der Waals surface area (Å²) in [4.78, 5) is 0. The third-order valence-corrected chi connectivity index (χ3v) is 3.41. The second kappa shape index (κ2) is 7.02. The summed E-state index contributed by atoms with van der Waals surface area (Å²) in [6, 6.07) is 12.0. The van der Waals surface area contributed by atoms with Crippen molar-refractivity contribution in [2.24, 2.45) is 0 Å². The number of hydrogen-bond donors (Lipinski definition) is 1. The molecule has 3 nitrogen and oxygen atoms in total. The molecule has 0 aliphatic rings. The van der Waals surface area contributed by atoms with Crippen LogP contribution >= 0.6 is 0 Å². The van der Waals surface area contributed by atoms with Gasteiger partial charge in [0.1, 0.15) is 11.5 Å². The van der Waals surface area contributed by atoms with Crippen molar-refractivity contribution >= 4 is 5.69 Å². The quantitative estimate of drug-likeness (QED) is 0.643. The van der Waals surface area contributed by atoms with Gasteiger partial charge >= 0.3 is 0 Å². The van der Waals surface area contributed by atoms with Gasteiger partial charge in [0.2, 0.25) is 0 Å². The molecule has 0 radical (unpaired) electrons. The van der Waals surface area contributed by atoms with Crippen LogP contribution in [0.15, 0.2) is 36.4 Å². The van der Waals surface area contributed by atoms with Crippen molar-refractivity contribution in [1.82, 2.24) is 0 Å². The smallest absolute Gasteiger partial charge is 0.122 e. The number of rotatable bonds is 6. The van der Waals surface area contributed by atoms with E-state index < -0.39 is 0 Å². The summed E-state index contributed by atoms with van der Waals surface area (Å²) >= 11 is 0. The lowest BCUT2D eigenvalue weighted by Crippen LogP contribution is -2.06. The summed E-state index contributed by atoms with van der Waals surface area (Å²) < 4.78 is 11.5. The monoisotopic (exact) mass is 285 g/mol. The molecule has 0 amide bonds. The minimum atomic E-state index is 0.618. The molecule has 0 atom stereocenters. The van der Waals surface area contributed by atoms with Gasteiger partial charge in [-0.2, -0.15) is 0 Å². The Morgan fingerprint density at radius 2 is 1.57 bits per heavy atom. The summed E-state index contributed by atoms with van der Waals surface area (Å²) in [5.74, 6) is 1.76. The minimum absolute atomic E-state index is 0.618. The molecule has 0 saturated heterocycles. The Balaban J connectivity index is 1.75. The third kappa shape index (κ3) is 4.42. The Morgan fingerprint density at radius 1 is 0.857 bits per heavy atom. The number of anilines is 1. The van der Waals surface area contributed by atoms with Gasteiger partial charge < -0.3 is 15.2 Å². The van der Waals surface area contributed by atoms with Crippen LogP contribution in [0.1, 0.15) is 23.1 Å². The van der Waals surface area contributed by atoms with Gasteiger partial charge in [0.05, 0.1) is 13.2 Å². The molecule has 2 rings (SSSR count). The lowest BCUT2D eigenvalue weighted by Gasteiger charge is -2.11. The van der Waals surface area contributed by atoms with E-state index in [1.807, 2.05) is 25.1 Å². The van der Waals surface area contributed by atoms with Crippen LogP contribution in [-0.2, 0) is 0 Å². The van der Waals surface area contributed by atoms with Crippen LogP contribution in [0.2, 0.25) is 0 Å². The van der Waals surface area contributed by atoms with Gasteiger partial charge in [0.25, 0.3) is 0 Å². The molecule has 2 aromatic rings. The van der Waals surface area contributed by atoms with Crippen LogP contribution in [0.25, 0.3) is 0 Å². The van der Waals surface area contributed by atoms with E-state index in [2.05, 4.69) is 32.0 Å². The molecular weight excluding hydrogens is 262 g/mol. The van der Waals surface area contributed by atoms with E-state index in [0.717, 1.165) is 34.7 Å². The molecule has 0 aliphatic carbocycles. The molecular formula is C18H23NO2. The summed E-state index contributed by atoms with van der Waals surface area (Å²) in [7, 11) is 0. The molecule has 2 N–H and O–H groups in total. The maximum Gasteiger partial charge on any atom is 0.122 e. The zero-order chi connectivity index (χ0) is 15.2. The van der Waals surface area contributed by atoms with Crippen LogP contribution in [0.4, 0.5) is 5.69 Å². The normalized spacial score (nSPS) is 10.4. The number of nitrogens with two attached hydrogens (primary N) is 1. The molecule has 0 unspecified atom stereocenters. The molecule has 112 valence electrons. The maximum absolute atomic E-state index is 5.85. The summed E-state index contributed by atoms with van der Waals surface area (Å²) in [5.41, 5.74) is 10.1. The van der Waals surface area contributed by atoms with E-state index in [9.17, 15) is 0 Å². The van der Waals surface area contributed by atoms with Crippen LogP contribution < -0.4 is 15.2 Å². The highest BCUT2D eigenvalue weighted by molar-refractivity contribution is 5.50. The largest absolute Gasteiger partial charge is 0.493 e. The Morgan fingerprint density at radius 3 is 2.33 bits per heavy atom. The van der Waals surface area contributed by atoms with Crippen molar-refractivity contribution in [3.63, 3.8) is 0 Å². The van der Waals surface area contributed by atoms with Crippen molar-refractivity contribution in [1.29, 1.82) is 0 Å². The van der Waals surface area contributed by atoms with Crippen molar-refractivity contribution < 1.29 is 9.47 Å². The number of benzene rings is 2. The Bertz CT molecular complexity index is 608. The van der Waals surface area contributed by atoms with E-state index >= 15 is 0 Å². The molecule has 0 saturated carbocycles. The van der Waals surface area contributed by atoms with Crippen molar-refractivity contribution in [3.05, 3.63) is 53.1 Å². The molecule has 2 aromatic carbocycles. The molecule has 0 spiro atoms. The fourth-order valence-electron chi connectivity index (χ4n) is 2.00. The number of aryl methyl sites for hydroxylation is 3. The Kier molecular flexibility index (Phi) is 5.09.